The topological polar surface area (TPSA) is 62.2 Å². The van der Waals surface area contributed by atoms with E-state index in [2.05, 4.69) is 10.3 Å². The summed E-state index contributed by atoms with van der Waals surface area (Å²) in [6, 6.07) is 3.12. The van der Waals surface area contributed by atoms with Gasteiger partial charge in [0.15, 0.2) is 0 Å². The third-order valence-corrected chi connectivity index (χ3v) is 1.81. The minimum absolute atomic E-state index is 0.458. The van der Waals surface area contributed by atoms with Gasteiger partial charge >= 0.3 is 5.97 Å². The molecule has 1 aromatic heterocycles. The van der Waals surface area contributed by atoms with Crippen molar-refractivity contribution >= 4 is 5.97 Å². The summed E-state index contributed by atoms with van der Waals surface area (Å²) in [6.07, 6.45) is 3.80. The van der Waals surface area contributed by atoms with Gasteiger partial charge in [0.05, 0.1) is 0 Å². The summed E-state index contributed by atoms with van der Waals surface area (Å²) >= 11 is 0. The largest absolute Gasteiger partial charge is 0.480 e. The van der Waals surface area contributed by atoms with Crippen LogP contribution in [0.4, 0.5) is 0 Å². The molecule has 4 heteroatoms. The maximum Gasteiger partial charge on any atom is 0.321 e. The Kier molecular flexibility index (Phi) is 3.40. The Morgan fingerprint density at radius 1 is 1.77 bits per heavy atom. The van der Waals surface area contributed by atoms with Crippen LogP contribution in [0.15, 0.2) is 24.5 Å². The molecule has 0 aliphatic carbocycles. The molecular weight excluding hydrogens is 168 g/mol. The molecule has 1 atom stereocenters. The number of carbonyl (C=O) groups is 1. The second kappa shape index (κ2) is 4.57. The van der Waals surface area contributed by atoms with Crippen LogP contribution < -0.4 is 5.32 Å². The van der Waals surface area contributed by atoms with Crippen LogP contribution in [-0.2, 0) is 11.2 Å². The van der Waals surface area contributed by atoms with Gasteiger partial charge in [0.25, 0.3) is 0 Å². The van der Waals surface area contributed by atoms with E-state index in [1.54, 1.807) is 25.5 Å². The number of nitrogens with one attached hydrogen (secondary N) is 1. The first kappa shape index (κ1) is 9.67. The van der Waals surface area contributed by atoms with Crippen LogP contribution in [0.3, 0.4) is 0 Å². The highest BCUT2D eigenvalue weighted by Crippen LogP contribution is 2.00. The predicted octanol–water partition coefficient (Wildman–Crippen LogP) is 0.297. The molecule has 0 fully saturated rings. The molecule has 70 valence electrons. The van der Waals surface area contributed by atoms with Crippen molar-refractivity contribution in [3.05, 3.63) is 30.1 Å². The maximum atomic E-state index is 10.7. The number of carboxylic acids is 1. The molecule has 0 aliphatic rings. The monoisotopic (exact) mass is 180 g/mol. The van der Waals surface area contributed by atoms with Crippen molar-refractivity contribution in [3.8, 4) is 0 Å². The Bertz CT molecular complexity index is 274. The van der Waals surface area contributed by atoms with E-state index >= 15 is 0 Å². The Morgan fingerprint density at radius 3 is 3.00 bits per heavy atom. The van der Waals surface area contributed by atoms with Gasteiger partial charge in [-0.15, -0.1) is 0 Å². The highest BCUT2D eigenvalue weighted by molar-refractivity contribution is 5.73. The van der Waals surface area contributed by atoms with Crippen LogP contribution in [0.2, 0.25) is 0 Å². The summed E-state index contributed by atoms with van der Waals surface area (Å²) in [4.78, 5) is 14.6. The SMILES string of the molecule is CNC(Cc1cccnc1)C(=O)O. The van der Waals surface area contributed by atoms with E-state index in [4.69, 9.17) is 5.11 Å². The van der Waals surface area contributed by atoms with E-state index in [1.165, 1.54) is 0 Å². The minimum atomic E-state index is -0.841. The van der Waals surface area contributed by atoms with Crippen molar-refractivity contribution in [2.45, 2.75) is 12.5 Å². The normalized spacial score (nSPS) is 12.4. The summed E-state index contributed by atoms with van der Waals surface area (Å²) in [6.45, 7) is 0. The minimum Gasteiger partial charge on any atom is -0.480 e. The number of aromatic nitrogens is 1. The number of nitrogens with zero attached hydrogens (tertiary/aromatic N) is 1. The molecule has 1 rings (SSSR count). The average Bonchev–Trinajstić information content (AvgIpc) is 2.15. The van der Waals surface area contributed by atoms with Gasteiger partial charge in [0, 0.05) is 12.4 Å². The first-order valence-corrected chi connectivity index (χ1v) is 4.03. The van der Waals surface area contributed by atoms with Crippen LogP contribution in [0.1, 0.15) is 5.56 Å². The van der Waals surface area contributed by atoms with Crippen molar-refractivity contribution in [2.75, 3.05) is 7.05 Å². The van der Waals surface area contributed by atoms with E-state index < -0.39 is 12.0 Å². The number of hydrogen-bond acceptors (Lipinski definition) is 3. The van der Waals surface area contributed by atoms with Gasteiger partial charge in [-0.1, -0.05) is 6.07 Å². The predicted molar refractivity (Wildman–Crippen MR) is 48.4 cm³/mol. The fourth-order valence-electron chi connectivity index (χ4n) is 1.07. The van der Waals surface area contributed by atoms with E-state index in [9.17, 15) is 4.79 Å². The number of carboxylic acid groups (broad SMARTS) is 1. The van der Waals surface area contributed by atoms with Crippen molar-refractivity contribution in [3.63, 3.8) is 0 Å². The van der Waals surface area contributed by atoms with Gasteiger partial charge in [-0.2, -0.15) is 0 Å². The Morgan fingerprint density at radius 2 is 2.54 bits per heavy atom. The Hall–Kier alpha value is -1.42. The van der Waals surface area contributed by atoms with E-state index in [0.29, 0.717) is 6.42 Å². The molecule has 0 radical (unpaired) electrons. The highest BCUT2D eigenvalue weighted by atomic mass is 16.4. The number of pyridine rings is 1. The molecule has 4 nitrogen and oxygen atoms in total. The van der Waals surface area contributed by atoms with E-state index in [0.717, 1.165) is 5.56 Å². The molecule has 1 heterocycles. The number of hydrogen-bond donors (Lipinski definition) is 2. The van der Waals surface area contributed by atoms with E-state index in [1.807, 2.05) is 6.07 Å². The summed E-state index contributed by atoms with van der Waals surface area (Å²) in [5, 5.41) is 11.5. The molecular formula is C9H12N2O2. The molecule has 0 amide bonds. The number of likely N-dealkylation sites (N-methyl/N-ethyl adjacent to an activating group) is 1. The van der Waals surface area contributed by atoms with Gasteiger partial charge in [-0.05, 0) is 25.1 Å². The molecule has 0 spiro atoms. The van der Waals surface area contributed by atoms with Crippen LogP contribution >= 0.6 is 0 Å². The summed E-state index contributed by atoms with van der Waals surface area (Å²) < 4.78 is 0. The Balaban J connectivity index is 2.62. The lowest BCUT2D eigenvalue weighted by molar-refractivity contribution is -0.139. The molecule has 2 N–H and O–H groups in total. The first-order chi connectivity index (χ1) is 6.24. The van der Waals surface area contributed by atoms with Crippen LogP contribution in [-0.4, -0.2) is 29.1 Å². The number of aliphatic carboxylic acids is 1. The molecule has 1 aromatic rings. The number of rotatable bonds is 4. The summed E-state index contributed by atoms with van der Waals surface area (Å²) in [7, 11) is 1.63. The molecule has 0 saturated carbocycles. The van der Waals surface area contributed by atoms with Gasteiger partial charge in [-0.3, -0.25) is 9.78 Å². The van der Waals surface area contributed by atoms with Crippen molar-refractivity contribution in [2.24, 2.45) is 0 Å². The van der Waals surface area contributed by atoms with Crippen molar-refractivity contribution < 1.29 is 9.90 Å². The van der Waals surface area contributed by atoms with Gasteiger partial charge in [0.1, 0.15) is 6.04 Å². The summed E-state index contributed by atoms with van der Waals surface area (Å²) in [5.41, 5.74) is 0.921. The van der Waals surface area contributed by atoms with E-state index in [-0.39, 0.29) is 0 Å². The lowest BCUT2D eigenvalue weighted by Crippen LogP contribution is -2.35. The van der Waals surface area contributed by atoms with Crippen molar-refractivity contribution in [1.82, 2.24) is 10.3 Å². The molecule has 0 bridgehead atoms. The zero-order valence-corrected chi connectivity index (χ0v) is 7.40. The van der Waals surface area contributed by atoms with Gasteiger partial charge in [-0.25, -0.2) is 0 Å². The maximum absolute atomic E-state index is 10.7. The fourth-order valence-corrected chi connectivity index (χ4v) is 1.07. The third-order valence-electron chi connectivity index (χ3n) is 1.81. The standard InChI is InChI=1S/C9H12N2O2/c1-10-8(9(12)13)5-7-3-2-4-11-6-7/h2-4,6,8,10H,5H2,1H3,(H,12,13). The molecule has 0 aromatic carbocycles. The van der Waals surface area contributed by atoms with Crippen LogP contribution in [0.5, 0.6) is 0 Å². The van der Waals surface area contributed by atoms with Crippen molar-refractivity contribution in [1.29, 1.82) is 0 Å². The molecule has 1 unspecified atom stereocenters. The smallest absolute Gasteiger partial charge is 0.321 e. The highest BCUT2D eigenvalue weighted by Gasteiger charge is 2.14. The second-order valence-electron chi connectivity index (χ2n) is 2.74. The average molecular weight is 180 g/mol. The lowest BCUT2D eigenvalue weighted by atomic mass is 10.1. The second-order valence-corrected chi connectivity index (χ2v) is 2.74. The zero-order valence-electron chi connectivity index (χ0n) is 7.40. The molecule has 0 aliphatic heterocycles. The van der Waals surface area contributed by atoms with Crippen LogP contribution in [0.25, 0.3) is 0 Å². The first-order valence-electron chi connectivity index (χ1n) is 4.03. The summed E-state index contributed by atoms with van der Waals surface area (Å²) in [5.74, 6) is -0.841. The van der Waals surface area contributed by atoms with Gasteiger partial charge in [0.2, 0.25) is 0 Å². The molecule has 13 heavy (non-hydrogen) atoms. The van der Waals surface area contributed by atoms with Gasteiger partial charge < -0.3 is 10.4 Å². The lowest BCUT2D eigenvalue weighted by Gasteiger charge is -2.09. The Labute approximate surface area is 76.6 Å². The molecule has 0 saturated heterocycles. The fraction of sp³-hybridized carbons (Fsp3) is 0.333. The zero-order chi connectivity index (χ0) is 9.68. The third kappa shape index (κ3) is 2.83. The van der Waals surface area contributed by atoms with Crippen LogP contribution in [0, 0.1) is 0 Å². The quantitative estimate of drug-likeness (QED) is 0.699.